The van der Waals surface area contributed by atoms with Gasteiger partial charge in [-0.15, -0.1) is 0 Å². The number of rotatable bonds is 4. The fourth-order valence-corrected chi connectivity index (χ4v) is 2.68. The summed E-state index contributed by atoms with van der Waals surface area (Å²) in [6.45, 7) is 2.92. The molecule has 0 spiro atoms. The molecule has 1 aromatic heterocycles. The predicted molar refractivity (Wildman–Crippen MR) is 88.6 cm³/mol. The van der Waals surface area contributed by atoms with Gasteiger partial charge >= 0.3 is 0 Å². The minimum atomic E-state index is 0.111. The first-order valence-corrected chi connectivity index (χ1v) is 7.49. The highest BCUT2D eigenvalue weighted by atomic mass is 16.1. The van der Waals surface area contributed by atoms with Crippen LogP contribution in [-0.2, 0) is 6.54 Å². The van der Waals surface area contributed by atoms with Gasteiger partial charge in [0.15, 0.2) is 0 Å². The van der Waals surface area contributed by atoms with Gasteiger partial charge < -0.3 is 4.57 Å². The van der Waals surface area contributed by atoms with Crippen molar-refractivity contribution < 1.29 is 0 Å². The first-order chi connectivity index (χ1) is 10.3. The molecule has 0 unspecified atom stereocenters. The maximum atomic E-state index is 12.8. The van der Waals surface area contributed by atoms with Gasteiger partial charge in [0.25, 0.3) is 5.56 Å². The molecule has 0 aliphatic rings. The second kappa shape index (κ2) is 5.96. The molecule has 0 radical (unpaired) electrons. The van der Waals surface area contributed by atoms with E-state index in [1.807, 2.05) is 47.0 Å². The Kier molecular flexibility index (Phi) is 3.87. The molecule has 0 N–H and O–H groups in total. The topological polar surface area (TPSA) is 22.0 Å². The van der Waals surface area contributed by atoms with Gasteiger partial charge in [0.05, 0.1) is 5.69 Å². The SMILES string of the molecule is CCCCn1c(-c2ccccc2)cc2ccccc2c1=O. The molecule has 21 heavy (non-hydrogen) atoms. The smallest absolute Gasteiger partial charge is 0.258 e. The van der Waals surface area contributed by atoms with E-state index in [0.29, 0.717) is 0 Å². The zero-order chi connectivity index (χ0) is 14.7. The minimum absolute atomic E-state index is 0.111. The standard InChI is InChI=1S/C19H19NO/c1-2-3-13-20-18(15-9-5-4-6-10-15)14-16-11-7-8-12-17(16)19(20)21/h4-12,14H,2-3,13H2,1H3. The zero-order valence-electron chi connectivity index (χ0n) is 12.3. The van der Waals surface area contributed by atoms with Crippen LogP contribution in [0.1, 0.15) is 19.8 Å². The molecule has 2 aromatic carbocycles. The summed E-state index contributed by atoms with van der Waals surface area (Å²) < 4.78 is 1.92. The van der Waals surface area contributed by atoms with Gasteiger partial charge in [0.2, 0.25) is 0 Å². The van der Waals surface area contributed by atoms with Gasteiger partial charge in [-0.1, -0.05) is 61.9 Å². The zero-order valence-corrected chi connectivity index (χ0v) is 12.3. The molecule has 0 fully saturated rings. The molecule has 0 aliphatic heterocycles. The third kappa shape index (κ3) is 2.62. The average molecular weight is 277 g/mol. The summed E-state index contributed by atoms with van der Waals surface area (Å²) in [7, 11) is 0. The van der Waals surface area contributed by atoms with Crippen molar-refractivity contribution in [3.8, 4) is 11.3 Å². The van der Waals surface area contributed by atoms with Crippen molar-refractivity contribution in [3.63, 3.8) is 0 Å². The van der Waals surface area contributed by atoms with Gasteiger partial charge in [-0.25, -0.2) is 0 Å². The molecule has 3 rings (SSSR count). The fraction of sp³-hybridized carbons (Fsp3) is 0.211. The molecule has 0 bridgehead atoms. The lowest BCUT2D eigenvalue weighted by atomic mass is 10.1. The second-order valence-corrected chi connectivity index (χ2v) is 5.29. The van der Waals surface area contributed by atoms with Gasteiger partial charge in [0, 0.05) is 11.9 Å². The summed E-state index contributed by atoms with van der Waals surface area (Å²) in [5.41, 5.74) is 2.21. The van der Waals surface area contributed by atoms with E-state index < -0.39 is 0 Å². The Balaban J connectivity index is 2.28. The number of aromatic nitrogens is 1. The number of hydrogen-bond acceptors (Lipinski definition) is 1. The number of fused-ring (bicyclic) bond motifs is 1. The van der Waals surface area contributed by atoms with E-state index in [9.17, 15) is 4.79 Å². The summed E-state index contributed by atoms with van der Waals surface area (Å²) in [4.78, 5) is 12.8. The van der Waals surface area contributed by atoms with Crippen molar-refractivity contribution in [2.45, 2.75) is 26.3 Å². The summed E-state index contributed by atoms with van der Waals surface area (Å²) in [6, 6.07) is 20.1. The Labute approximate surface area is 124 Å². The lowest BCUT2D eigenvalue weighted by Gasteiger charge is -2.14. The molecule has 3 aromatic rings. The lowest BCUT2D eigenvalue weighted by Crippen LogP contribution is -2.22. The number of unbranched alkanes of at least 4 members (excludes halogenated alkanes) is 1. The van der Waals surface area contributed by atoms with E-state index in [-0.39, 0.29) is 5.56 Å². The van der Waals surface area contributed by atoms with Crippen molar-refractivity contribution in [1.29, 1.82) is 0 Å². The molecule has 0 atom stereocenters. The average Bonchev–Trinajstić information content (AvgIpc) is 2.55. The van der Waals surface area contributed by atoms with Crippen LogP contribution in [0.5, 0.6) is 0 Å². The van der Waals surface area contributed by atoms with Crippen LogP contribution in [0, 0.1) is 0 Å². The number of pyridine rings is 1. The second-order valence-electron chi connectivity index (χ2n) is 5.29. The molecule has 0 aliphatic carbocycles. The van der Waals surface area contributed by atoms with Crippen LogP contribution in [-0.4, -0.2) is 4.57 Å². The molecule has 0 saturated carbocycles. The summed E-state index contributed by atoms with van der Waals surface area (Å²) in [5, 5.41) is 1.81. The predicted octanol–water partition coefficient (Wildman–Crippen LogP) is 4.47. The van der Waals surface area contributed by atoms with E-state index in [1.54, 1.807) is 0 Å². The van der Waals surface area contributed by atoms with Gasteiger partial charge in [-0.2, -0.15) is 0 Å². The highest BCUT2D eigenvalue weighted by Crippen LogP contribution is 2.22. The van der Waals surface area contributed by atoms with Crippen LogP contribution in [0.4, 0.5) is 0 Å². The minimum Gasteiger partial charge on any atom is -0.308 e. The van der Waals surface area contributed by atoms with E-state index in [4.69, 9.17) is 0 Å². The Morgan fingerprint density at radius 3 is 2.43 bits per heavy atom. The van der Waals surface area contributed by atoms with Crippen molar-refractivity contribution >= 4 is 10.8 Å². The summed E-state index contributed by atoms with van der Waals surface area (Å²) in [5.74, 6) is 0. The van der Waals surface area contributed by atoms with E-state index >= 15 is 0 Å². The quantitative estimate of drug-likeness (QED) is 0.689. The Hall–Kier alpha value is -2.35. The Bertz CT molecular complexity index is 803. The number of benzene rings is 2. The van der Waals surface area contributed by atoms with Crippen LogP contribution in [0.3, 0.4) is 0 Å². The lowest BCUT2D eigenvalue weighted by molar-refractivity contribution is 0.622. The third-order valence-corrected chi connectivity index (χ3v) is 3.82. The highest BCUT2D eigenvalue weighted by molar-refractivity contribution is 5.85. The maximum Gasteiger partial charge on any atom is 0.258 e. The molecule has 0 amide bonds. The molecular formula is C19H19NO. The van der Waals surface area contributed by atoms with Gasteiger partial charge in [0.1, 0.15) is 0 Å². The van der Waals surface area contributed by atoms with Gasteiger partial charge in [-0.3, -0.25) is 4.79 Å². The van der Waals surface area contributed by atoms with Crippen molar-refractivity contribution in [2.75, 3.05) is 0 Å². The highest BCUT2D eigenvalue weighted by Gasteiger charge is 2.10. The first kappa shape index (κ1) is 13.6. The normalized spacial score (nSPS) is 10.9. The fourth-order valence-electron chi connectivity index (χ4n) is 2.68. The van der Waals surface area contributed by atoms with Crippen molar-refractivity contribution in [1.82, 2.24) is 4.57 Å². The summed E-state index contributed by atoms with van der Waals surface area (Å²) in [6.07, 6.45) is 2.09. The van der Waals surface area contributed by atoms with Gasteiger partial charge in [-0.05, 0) is 29.5 Å². The molecular weight excluding hydrogens is 258 g/mol. The molecule has 2 heteroatoms. The van der Waals surface area contributed by atoms with Crippen LogP contribution in [0.15, 0.2) is 65.5 Å². The molecule has 2 nitrogen and oxygen atoms in total. The van der Waals surface area contributed by atoms with Crippen molar-refractivity contribution in [3.05, 3.63) is 71.0 Å². The van der Waals surface area contributed by atoms with Crippen molar-refractivity contribution in [2.24, 2.45) is 0 Å². The van der Waals surface area contributed by atoms with Crippen LogP contribution < -0.4 is 5.56 Å². The number of nitrogens with zero attached hydrogens (tertiary/aromatic N) is 1. The van der Waals surface area contributed by atoms with E-state index in [2.05, 4.69) is 25.1 Å². The van der Waals surface area contributed by atoms with Crippen LogP contribution >= 0.6 is 0 Å². The maximum absolute atomic E-state index is 12.8. The Morgan fingerprint density at radius 2 is 1.67 bits per heavy atom. The first-order valence-electron chi connectivity index (χ1n) is 7.49. The largest absolute Gasteiger partial charge is 0.308 e. The number of hydrogen-bond donors (Lipinski definition) is 0. The Morgan fingerprint density at radius 1 is 0.952 bits per heavy atom. The molecule has 1 heterocycles. The van der Waals surface area contributed by atoms with Crippen LogP contribution in [0.25, 0.3) is 22.0 Å². The third-order valence-electron chi connectivity index (χ3n) is 3.82. The summed E-state index contributed by atoms with van der Waals surface area (Å²) >= 11 is 0. The van der Waals surface area contributed by atoms with Crippen LogP contribution in [0.2, 0.25) is 0 Å². The van der Waals surface area contributed by atoms with E-state index in [1.165, 1.54) is 0 Å². The molecule has 106 valence electrons. The van der Waals surface area contributed by atoms with E-state index in [0.717, 1.165) is 41.4 Å². The monoisotopic (exact) mass is 277 g/mol. The molecule has 0 saturated heterocycles.